The average molecular weight is 244 g/mol. The van der Waals surface area contributed by atoms with Crippen LogP contribution in [-0.2, 0) is 4.79 Å². The summed E-state index contributed by atoms with van der Waals surface area (Å²) >= 11 is 0. The summed E-state index contributed by atoms with van der Waals surface area (Å²) in [6, 6.07) is 0.203. The van der Waals surface area contributed by atoms with E-state index in [1.807, 2.05) is 6.92 Å². The van der Waals surface area contributed by atoms with Crippen molar-refractivity contribution in [3.63, 3.8) is 0 Å². The van der Waals surface area contributed by atoms with Gasteiger partial charge in [0.15, 0.2) is 0 Å². The highest BCUT2D eigenvalue weighted by Crippen LogP contribution is 2.17. The normalized spacial score (nSPS) is 13.8. The Morgan fingerprint density at radius 1 is 1.29 bits per heavy atom. The fourth-order valence-electron chi connectivity index (χ4n) is 1.38. The van der Waals surface area contributed by atoms with E-state index in [0.29, 0.717) is 12.5 Å². The molecule has 0 aliphatic carbocycles. The van der Waals surface area contributed by atoms with Gasteiger partial charge in [0.05, 0.1) is 6.54 Å². The Morgan fingerprint density at radius 3 is 2.35 bits per heavy atom. The first-order valence-corrected chi connectivity index (χ1v) is 6.39. The van der Waals surface area contributed by atoms with E-state index in [4.69, 9.17) is 5.11 Å². The first-order chi connectivity index (χ1) is 7.78. The van der Waals surface area contributed by atoms with Gasteiger partial charge in [-0.05, 0) is 24.7 Å². The molecule has 102 valence electrons. The predicted molar refractivity (Wildman–Crippen MR) is 70.8 cm³/mol. The molecule has 0 radical (unpaired) electrons. The number of hydrogen-bond acceptors (Lipinski definition) is 3. The van der Waals surface area contributed by atoms with Gasteiger partial charge in [-0.15, -0.1) is 0 Å². The number of hydrogen-bond donors (Lipinski definition) is 3. The number of rotatable bonds is 8. The van der Waals surface area contributed by atoms with E-state index in [2.05, 4.69) is 38.3 Å². The Bertz CT molecular complexity index is 227. The zero-order chi connectivity index (χ0) is 13.5. The maximum absolute atomic E-state index is 11.6. The predicted octanol–water partition coefficient (Wildman–Crippen LogP) is 1.15. The molecule has 0 spiro atoms. The zero-order valence-electron chi connectivity index (χ0n) is 11.8. The Morgan fingerprint density at radius 2 is 1.88 bits per heavy atom. The van der Waals surface area contributed by atoms with Crippen LogP contribution in [0.3, 0.4) is 0 Å². The van der Waals surface area contributed by atoms with Gasteiger partial charge in [0.25, 0.3) is 0 Å². The van der Waals surface area contributed by atoms with Crippen LogP contribution in [0.1, 0.15) is 41.0 Å². The van der Waals surface area contributed by atoms with Gasteiger partial charge in [-0.3, -0.25) is 4.79 Å². The van der Waals surface area contributed by atoms with Crippen LogP contribution in [-0.4, -0.2) is 36.8 Å². The summed E-state index contributed by atoms with van der Waals surface area (Å²) in [4.78, 5) is 11.6. The lowest BCUT2D eigenvalue weighted by molar-refractivity contribution is -0.121. The molecule has 0 bridgehead atoms. The first-order valence-electron chi connectivity index (χ1n) is 6.39. The van der Waals surface area contributed by atoms with Crippen molar-refractivity contribution >= 4 is 5.91 Å². The quantitative estimate of drug-likeness (QED) is 0.600. The molecule has 0 fully saturated rings. The van der Waals surface area contributed by atoms with Crippen LogP contribution in [0.2, 0.25) is 0 Å². The minimum absolute atomic E-state index is 0.0265. The largest absolute Gasteiger partial charge is 0.396 e. The van der Waals surface area contributed by atoms with Crippen LogP contribution in [0.15, 0.2) is 0 Å². The van der Waals surface area contributed by atoms with E-state index >= 15 is 0 Å². The Labute approximate surface area is 105 Å². The highest BCUT2D eigenvalue weighted by molar-refractivity contribution is 5.78. The second kappa shape index (κ2) is 7.67. The highest BCUT2D eigenvalue weighted by Gasteiger charge is 2.17. The highest BCUT2D eigenvalue weighted by atomic mass is 16.3. The Hall–Kier alpha value is -0.610. The SMILES string of the molecule is CC(C)C(C)NC(=O)CNCC(C)(C)CCO. The van der Waals surface area contributed by atoms with Gasteiger partial charge in [0.2, 0.25) is 5.91 Å². The Balaban J connectivity index is 3.78. The number of aliphatic hydroxyl groups is 1. The maximum Gasteiger partial charge on any atom is 0.234 e. The molecule has 17 heavy (non-hydrogen) atoms. The van der Waals surface area contributed by atoms with Crippen molar-refractivity contribution < 1.29 is 9.90 Å². The third kappa shape index (κ3) is 8.16. The molecule has 1 atom stereocenters. The number of aliphatic hydroxyl groups excluding tert-OH is 1. The van der Waals surface area contributed by atoms with E-state index in [0.717, 1.165) is 13.0 Å². The molecule has 0 aromatic rings. The minimum atomic E-state index is 0.0265. The molecule has 0 aromatic carbocycles. The molecule has 1 amide bonds. The molecule has 0 aliphatic heterocycles. The van der Waals surface area contributed by atoms with Crippen molar-refractivity contribution in [2.75, 3.05) is 19.7 Å². The van der Waals surface area contributed by atoms with Crippen molar-refractivity contribution in [1.29, 1.82) is 0 Å². The molecule has 0 aromatic heterocycles. The summed E-state index contributed by atoms with van der Waals surface area (Å²) < 4.78 is 0. The van der Waals surface area contributed by atoms with E-state index in [1.54, 1.807) is 0 Å². The molecule has 0 saturated carbocycles. The van der Waals surface area contributed by atoms with Crippen LogP contribution in [0.4, 0.5) is 0 Å². The topological polar surface area (TPSA) is 61.4 Å². The summed E-state index contributed by atoms with van der Waals surface area (Å²) in [5.41, 5.74) is 0.0265. The van der Waals surface area contributed by atoms with Crippen molar-refractivity contribution in [2.45, 2.75) is 47.1 Å². The fraction of sp³-hybridized carbons (Fsp3) is 0.923. The number of carbonyl (C=O) groups excluding carboxylic acids is 1. The molecule has 3 N–H and O–H groups in total. The van der Waals surface area contributed by atoms with Gasteiger partial charge in [-0.2, -0.15) is 0 Å². The van der Waals surface area contributed by atoms with E-state index in [9.17, 15) is 4.79 Å². The van der Waals surface area contributed by atoms with Crippen molar-refractivity contribution in [1.82, 2.24) is 10.6 Å². The lowest BCUT2D eigenvalue weighted by Crippen LogP contribution is -2.43. The second-order valence-corrected chi connectivity index (χ2v) is 5.84. The number of amides is 1. The van der Waals surface area contributed by atoms with Crippen LogP contribution in [0, 0.1) is 11.3 Å². The summed E-state index contributed by atoms with van der Waals surface area (Å²) in [7, 11) is 0. The monoisotopic (exact) mass is 244 g/mol. The van der Waals surface area contributed by atoms with E-state index in [-0.39, 0.29) is 24.0 Å². The standard InChI is InChI=1S/C13H28N2O2/c1-10(2)11(3)15-12(17)8-14-9-13(4,5)6-7-16/h10-11,14,16H,6-9H2,1-5H3,(H,15,17). The average Bonchev–Trinajstić information content (AvgIpc) is 2.16. The van der Waals surface area contributed by atoms with Gasteiger partial charge in [-0.1, -0.05) is 27.7 Å². The van der Waals surface area contributed by atoms with E-state index < -0.39 is 0 Å². The van der Waals surface area contributed by atoms with Crippen molar-refractivity contribution in [3.05, 3.63) is 0 Å². The molecular weight excluding hydrogens is 216 g/mol. The zero-order valence-corrected chi connectivity index (χ0v) is 11.8. The molecular formula is C13H28N2O2. The smallest absolute Gasteiger partial charge is 0.234 e. The molecule has 0 aliphatic rings. The van der Waals surface area contributed by atoms with E-state index in [1.165, 1.54) is 0 Å². The van der Waals surface area contributed by atoms with Crippen LogP contribution in [0.25, 0.3) is 0 Å². The lowest BCUT2D eigenvalue weighted by atomic mass is 9.90. The number of nitrogens with one attached hydrogen (secondary N) is 2. The molecule has 4 nitrogen and oxygen atoms in total. The van der Waals surface area contributed by atoms with Gasteiger partial charge < -0.3 is 15.7 Å². The first kappa shape index (κ1) is 16.4. The third-order valence-electron chi connectivity index (χ3n) is 3.07. The maximum atomic E-state index is 11.6. The van der Waals surface area contributed by atoms with Gasteiger partial charge in [-0.25, -0.2) is 0 Å². The molecule has 0 heterocycles. The Kier molecular flexibility index (Phi) is 7.39. The fourth-order valence-corrected chi connectivity index (χ4v) is 1.38. The minimum Gasteiger partial charge on any atom is -0.396 e. The molecule has 0 saturated heterocycles. The molecule has 0 rings (SSSR count). The van der Waals surface area contributed by atoms with Crippen LogP contribution < -0.4 is 10.6 Å². The number of carbonyl (C=O) groups is 1. The summed E-state index contributed by atoms with van der Waals surface area (Å²) in [6.07, 6.45) is 0.740. The van der Waals surface area contributed by atoms with Crippen LogP contribution in [0.5, 0.6) is 0 Å². The summed E-state index contributed by atoms with van der Waals surface area (Å²) in [5, 5.41) is 15.0. The van der Waals surface area contributed by atoms with Gasteiger partial charge >= 0.3 is 0 Å². The molecule has 4 heteroatoms. The van der Waals surface area contributed by atoms with Crippen LogP contribution >= 0.6 is 0 Å². The second-order valence-electron chi connectivity index (χ2n) is 5.84. The van der Waals surface area contributed by atoms with Crippen molar-refractivity contribution in [2.24, 2.45) is 11.3 Å². The third-order valence-corrected chi connectivity index (χ3v) is 3.07. The van der Waals surface area contributed by atoms with Gasteiger partial charge in [0, 0.05) is 19.2 Å². The van der Waals surface area contributed by atoms with Gasteiger partial charge in [0.1, 0.15) is 0 Å². The summed E-state index contributed by atoms with van der Waals surface area (Å²) in [6.45, 7) is 11.6. The lowest BCUT2D eigenvalue weighted by Gasteiger charge is -2.24. The molecule has 1 unspecified atom stereocenters. The summed E-state index contributed by atoms with van der Waals surface area (Å²) in [5.74, 6) is 0.482. The van der Waals surface area contributed by atoms with Crippen molar-refractivity contribution in [3.8, 4) is 0 Å².